The molecule has 0 amide bonds. The molecule has 0 aromatic carbocycles. The maximum absolute atomic E-state index is 10.9. The van der Waals surface area contributed by atoms with Crippen LogP contribution in [-0.2, 0) is 37.7 Å². The van der Waals surface area contributed by atoms with Gasteiger partial charge >= 0.3 is 52.8 Å². The van der Waals surface area contributed by atoms with E-state index in [9.17, 15) is 9.59 Å². The van der Waals surface area contributed by atoms with Gasteiger partial charge in [0.15, 0.2) is 0 Å². The van der Waals surface area contributed by atoms with Crippen molar-refractivity contribution in [3.8, 4) is 0 Å². The van der Waals surface area contributed by atoms with Crippen molar-refractivity contribution in [2.75, 3.05) is 14.2 Å². The molecule has 2 aliphatic rings. The van der Waals surface area contributed by atoms with Crippen molar-refractivity contribution in [3.63, 3.8) is 0 Å². The zero-order valence-corrected chi connectivity index (χ0v) is 22.1. The van der Waals surface area contributed by atoms with Crippen LogP contribution in [0, 0.1) is 0 Å². The summed E-state index contributed by atoms with van der Waals surface area (Å²) in [7, 11) is -19.7. The second-order valence-corrected chi connectivity index (χ2v) is 23.0. The Kier molecular flexibility index (Phi) is 6.60. The molecular weight excluding hydrogens is 465 g/mol. The number of hydrogen-bond acceptors (Lipinski definition) is 11. The molecule has 2 heterocycles. The summed E-state index contributed by atoms with van der Waals surface area (Å²) < 4.78 is 52.1. The molecule has 11 nitrogen and oxygen atoms in total. The van der Waals surface area contributed by atoms with Crippen LogP contribution in [0.2, 0.25) is 26.2 Å². The van der Waals surface area contributed by atoms with Crippen molar-refractivity contribution in [2.24, 2.45) is 0 Å². The zero-order valence-electron chi connectivity index (χ0n) is 16.1. The standard InChI is InChI=1S/C10H26O11Si6/c1-9-26(12)18-24(7,14-4)20-27(10-2)16-22(5,11)15-23(6,13-3)17-25(8,19-26)21-27/h9-12H,1-2H2,3-8H3. The van der Waals surface area contributed by atoms with Gasteiger partial charge in [0.25, 0.3) is 0 Å². The molecule has 2 aliphatic heterocycles. The molecule has 0 spiro atoms. The van der Waals surface area contributed by atoms with Gasteiger partial charge in [0.05, 0.1) is 0 Å². The second-order valence-electron chi connectivity index (χ2n) is 6.25. The molecule has 2 N–H and O–H groups in total. The lowest BCUT2D eigenvalue weighted by Crippen LogP contribution is -2.76. The van der Waals surface area contributed by atoms with Crippen molar-refractivity contribution in [2.45, 2.75) is 26.2 Å². The van der Waals surface area contributed by atoms with E-state index in [-0.39, 0.29) is 0 Å². The fraction of sp³-hybridized carbons (Fsp3) is 0.600. The van der Waals surface area contributed by atoms with Gasteiger partial charge in [-0.2, -0.15) is 0 Å². The van der Waals surface area contributed by atoms with E-state index in [2.05, 4.69) is 13.2 Å². The third kappa shape index (κ3) is 5.29. The zero-order chi connectivity index (χ0) is 20.8. The van der Waals surface area contributed by atoms with Crippen molar-refractivity contribution < 1.29 is 47.2 Å². The van der Waals surface area contributed by atoms with Crippen molar-refractivity contribution in [3.05, 3.63) is 24.6 Å². The van der Waals surface area contributed by atoms with E-state index in [1.807, 2.05) is 0 Å². The number of fused-ring (bicyclic) bond motifs is 2. The summed E-state index contributed by atoms with van der Waals surface area (Å²) in [4.78, 5) is 21.6. The third-order valence-corrected chi connectivity index (χ3v) is 25.3. The summed E-state index contributed by atoms with van der Waals surface area (Å²) in [6.45, 7) is 13.3. The highest BCUT2D eigenvalue weighted by Crippen LogP contribution is 2.37. The first kappa shape index (κ1) is 23.6. The molecule has 27 heavy (non-hydrogen) atoms. The van der Waals surface area contributed by atoms with Crippen LogP contribution in [0.25, 0.3) is 0 Å². The molecule has 0 aromatic rings. The Balaban J connectivity index is 2.62. The predicted molar refractivity (Wildman–Crippen MR) is 104 cm³/mol. The Bertz CT molecular complexity index is 612. The van der Waals surface area contributed by atoms with E-state index in [1.165, 1.54) is 39.6 Å². The Morgan fingerprint density at radius 3 is 1.74 bits per heavy atom. The SMILES string of the molecule is C=C[Si]1(O)O[Si](C)(OC)O[Si]2(C=C)O[Si](C)(O)O[Si](C)(OC)O[Si](C)(O1)O2. The van der Waals surface area contributed by atoms with Gasteiger partial charge in [0, 0.05) is 40.4 Å². The van der Waals surface area contributed by atoms with Gasteiger partial charge in [-0.1, -0.05) is 6.58 Å². The molecule has 2 fully saturated rings. The van der Waals surface area contributed by atoms with E-state index < -0.39 is 52.8 Å². The Labute approximate surface area is 165 Å². The van der Waals surface area contributed by atoms with Crippen LogP contribution in [0.1, 0.15) is 0 Å². The maximum Gasteiger partial charge on any atom is 0.511 e. The van der Waals surface area contributed by atoms with Crippen molar-refractivity contribution >= 4 is 52.8 Å². The van der Waals surface area contributed by atoms with Gasteiger partial charge in [-0.15, -0.1) is 6.58 Å². The van der Waals surface area contributed by atoms with Gasteiger partial charge in [0.2, 0.25) is 0 Å². The second kappa shape index (κ2) is 7.55. The summed E-state index contributed by atoms with van der Waals surface area (Å²) in [6, 6.07) is 0. The first-order chi connectivity index (χ1) is 12.2. The highest BCUT2D eigenvalue weighted by Gasteiger charge is 2.68. The van der Waals surface area contributed by atoms with Gasteiger partial charge in [-0.3, -0.25) is 0 Å². The third-order valence-electron chi connectivity index (χ3n) is 3.65. The lowest BCUT2D eigenvalue weighted by atomic mass is 11.3. The maximum atomic E-state index is 10.9. The van der Waals surface area contributed by atoms with Crippen LogP contribution in [0.4, 0.5) is 0 Å². The highest BCUT2D eigenvalue weighted by molar-refractivity contribution is 6.95. The summed E-state index contributed by atoms with van der Waals surface area (Å²) in [5.74, 6) is 0. The molecule has 6 atom stereocenters. The first-order valence-corrected chi connectivity index (χ1v) is 20.5. The van der Waals surface area contributed by atoms with Gasteiger partial charge in [-0.05, 0) is 11.4 Å². The molecule has 0 saturated carbocycles. The number of hydrogen-bond donors (Lipinski definition) is 2. The van der Waals surface area contributed by atoms with Gasteiger partial charge < -0.3 is 47.2 Å². The van der Waals surface area contributed by atoms with Gasteiger partial charge in [0.1, 0.15) is 0 Å². The lowest BCUT2D eigenvalue weighted by Gasteiger charge is -2.50. The Hall–Kier alpha value is 0.341. The van der Waals surface area contributed by atoms with Gasteiger partial charge in [-0.25, -0.2) is 0 Å². The molecule has 156 valence electrons. The van der Waals surface area contributed by atoms with E-state index in [0.717, 1.165) is 5.70 Å². The van der Waals surface area contributed by atoms with E-state index in [4.69, 9.17) is 37.7 Å². The summed E-state index contributed by atoms with van der Waals surface area (Å²) in [5.41, 5.74) is 2.46. The molecule has 2 bridgehead atoms. The minimum atomic E-state index is -4.02. The Morgan fingerprint density at radius 1 is 0.704 bits per heavy atom. The lowest BCUT2D eigenvalue weighted by molar-refractivity contribution is 0.0385. The van der Waals surface area contributed by atoms with Crippen LogP contribution in [0.5, 0.6) is 0 Å². The van der Waals surface area contributed by atoms with Crippen LogP contribution in [-0.4, -0.2) is 76.6 Å². The predicted octanol–water partition coefficient (Wildman–Crippen LogP) is 0.0102. The monoisotopic (exact) mass is 490 g/mol. The smallest absolute Gasteiger partial charge is 0.391 e. The molecule has 0 aromatic heterocycles. The average Bonchev–Trinajstić information content (AvgIpc) is 2.50. The van der Waals surface area contributed by atoms with Crippen LogP contribution >= 0.6 is 0 Å². The first-order valence-electron chi connectivity index (χ1n) is 7.92. The van der Waals surface area contributed by atoms with Crippen molar-refractivity contribution in [1.82, 2.24) is 0 Å². The summed E-state index contributed by atoms with van der Waals surface area (Å²) in [5, 5.41) is 0. The molecule has 6 unspecified atom stereocenters. The highest BCUT2D eigenvalue weighted by atomic mass is 28.6. The van der Waals surface area contributed by atoms with Crippen LogP contribution < -0.4 is 0 Å². The van der Waals surface area contributed by atoms with Crippen LogP contribution in [0.15, 0.2) is 24.6 Å². The molecule has 2 rings (SSSR count). The van der Waals surface area contributed by atoms with E-state index in [0.29, 0.717) is 0 Å². The van der Waals surface area contributed by atoms with E-state index in [1.54, 1.807) is 6.55 Å². The Morgan fingerprint density at radius 2 is 1.26 bits per heavy atom. The molecule has 0 aliphatic carbocycles. The average molecular weight is 491 g/mol. The van der Waals surface area contributed by atoms with E-state index >= 15 is 0 Å². The minimum absolute atomic E-state index is 1.16. The fourth-order valence-electron chi connectivity index (χ4n) is 2.58. The number of rotatable bonds is 4. The fourth-order valence-corrected chi connectivity index (χ4v) is 26.9. The van der Waals surface area contributed by atoms with Crippen molar-refractivity contribution in [1.29, 1.82) is 0 Å². The molecule has 2 saturated heterocycles. The molecule has 0 radical (unpaired) electrons. The molecular formula is C10H26O11Si6. The summed E-state index contributed by atoms with van der Waals surface area (Å²) >= 11 is 0. The minimum Gasteiger partial charge on any atom is -0.391 e. The largest absolute Gasteiger partial charge is 0.511 e. The summed E-state index contributed by atoms with van der Waals surface area (Å²) in [6.07, 6.45) is 0. The normalized spacial score (nSPS) is 51.4. The quantitative estimate of drug-likeness (QED) is 0.518. The van der Waals surface area contributed by atoms with Crippen LogP contribution in [0.3, 0.4) is 0 Å². The molecule has 17 heteroatoms. The topological polar surface area (TPSA) is 124 Å².